The maximum Gasteiger partial charge on any atom is 0.101 e. The number of hydrogen-bond donors (Lipinski definition) is 1. The number of nitrogens with one attached hydrogen (secondary N) is 1. The first-order valence-electron chi connectivity index (χ1n) is 6.20. The SMILES string of the molecule is CCCNCCCN(C)c1ccccc1C#N. The van der Waals surface area contributed by atoms with Gasteiger partial charge in [0.15, 0.2) is 0 Å². The summed E-state index contributed by atoms with van der Waals surface area (Å²) in [5.41, 5.74) is 1.77. The van der Waals surface area contributed by atoms with Gasteiger partial charge in [0.05, 0.1) is 11.3 Å². The Bertz CT molecular complexity index is 368. The van der Waals surface area contributed by atoms with Crippen LogP contribution in [0.2, 0.25) is 0 Å². The molecule has 0 aliphatic heterocycles. The summed E-state index contributed by atoms with van der Waals surface area (Å²) >= 11 is 0. The largest absolute Gasteiger partial charge is 0.373 e. The van der Waals surface area contributed by atoms with Gasteiger partial charge in [0.2, 0.25) is 0 Å². The molecule has 17 heavy (non-hydrogen) atoms. The molecular weight excluding hydrogens is 210 g/mol. The Morgan fingerprint density at radius 3 is 2.76 bits per heavy atom. The zero-order chi connectivity index (χ0) is 12.5. The topological polar surface area (TPSA) is 39.1 Å². The highest BCUT2D eigenvalue weighted by Gasteiger charge is 2.05. The van der Waals surface area contributed by atoms with Crippen molar-refractivity contribution in [1.82, 2.24) is 5.32 Å². The molecule has 1 aromatic carbocycles. The minimum absolute atomic E-state index is 0.747. The Morgan fingerprint density at radius 1 is 1.29 bits per heavy atom. The highest BCUT2D eigenvalue weighted by atomic mass is 15.1. The second kappa shape index (κ2) is 7.70. The van der Waals surface area contributed by atoms with Gasteiger partial charge in [0.25, 0.3) is 0 Å². The quantitative estimate of drug-likeness (QED) is 0.732. The van der Waals surface area contributed by atoms with Crippen LogP contribution in [0.4, 0.5) is 5.69 Å². The minimum atomic E-state index is 0.747. The molecule has 0 radical (unpaired) electrons. The van der Waals surface area contributed by atoms with Crippen molar-refractivity contribution in [1.29, 1.82) is 5.26 Å². The van der Waals surface area contributed by atoms with E-state index in [4.69, 9.17) is 5.26 Å². The van der Waals surface area contributed by atoms with Crippen LogP contribution in [0, 0.1) is 11.3 Å². The van der Waals surface area contributed by atoms with Crippen molar-refractivity contribution >= 4 is 5.69 Å². The van der Waals surface area contributed by atoms with Crippen molar-refractivity contribution < 1.29 is 0 Å². The summed E-state index contributed by atoms with van der Waals surface area (Å²) in [7, 11) is 2.04. The van der Waals surface area contributed by atoms with Gasteiger partial charge in [-0.15, -0.1) is 0 Å². The highest BCUT2D eigenvalue weighted by Crippen LogP contribution is 2.17. The van der Waals surface area contributed by atoms with Gasteiger partial charge in [-0.05, 0) is 38.1 Å². The van der Waals surface area contributed by atoms with E-state index in [0.717, 1.165) is 37.3 Å². The van der Waals surface area contributed by atoms with Gasteiger partial charge in [-0.3, -0.25) is 0 Å². The van der Waals surface area contributed by atoms with Gasteiger partial charge in [0, 0.05) is 13.6 Å². The normalized spacial score (nSPS) is 9.94. The molecule has 0 aromatic heterocycles. The van der Waals surface area contributed by atoms with Crippen LogP contribution in [0.1, 0.15) is 25.3 Å². The molecule has 0 aliphatic rings. The average molecular weight is 231 g/mol. The van der Waals surface area contributed by atoms with E-state index in [1.165, 1.54) is 6.42 Å². The van der Waals surface area contributed by atoms with Crippen molar-refractivity contribution in [2.45, 2.75) is 19.8 Å². The van der Waals surface area contributed by atoms with Crippen LogP contribution in [0.5, 0.6) is 0 Å². The predicted molar refractivity (Wildman–Crippen MR) is 72.2 cm³/mol. The minimum Gasteiger partial charge on any atom is -0.373 e. The van der Waals surface area contributed by atoms with Crippen LogP contribution in [0.15, 0.2) is 24.3 Å². The van der Waals surface area contributed by atoms with Crippen LogP contribution in [0.3, 0.4) is 0 Å². The maximum absolute atomic E-state index is 9.02. The van der Waals surface area contributed by atoms with Gasteiger partial charge in [0.1, 0.15) is 6.07 Å². The number of nitrogens with zero attached hydrogens (tertiary/aromatic N) is 2. The van der Waals surface area contributed by atoms with E-state index in [1.54, 1.807) is 0 Å². The number of para-hydroxylation sites is 1. The molecule has 1 rings (SSSR count). The monoisotopic (exact) mass is 231 g/mol. The summed E-state index contributed by atoms with van der Waals surface area (Å²) in [5, 5.41) is 12.4. The Kier molecular flexibility index (Phi) is 6.13. The smallest absolute Gasteiger partial charge is 0.101 e. The summed E-state index contributed by atoms with van der Waals surface area (Å²) in [6.45, 7) is 5.25. The van der Waals surface area contributed by atoms with Gasteiger partial charge in [-0.2, -0.15) is 5.26 Å². The third-order valence-electron chi connectivity index (χ3n) is 2.71. The zero-order valence-corrected chi connectivity index (χ0v) is 10.7. The molecule has 0 atom stereocenters. The third kappa shape index (κ3) is 4.46. The number of anilines is 1. The summed E-state index contributed by atoms with van der Waals surface area (Å²) in [6, 6.07) is 9.97. The van der Waals surface area contributed by atoms with E-state index < -0.39 is 0 Å². The molecule has 92 valence electrons. The molecule has 0 fully saturated rings. The summed E-state index contributed by atoms with van der Waals surface area (Å²) in [5.74, 6) is 0. The molecule has 0 saturated heterocycles. The van der Waals surface area contributed by atoms with Gasteiger partial charge in [-0.25, -0.2) is 0 Å². The summed E-state index contributed by atoms with van der Waals surface area (Å²) < 4.78 is 0. The van der Waals surface area contributed by atoms with Gasteiger partial charge in [-0.1, -0.05) is 19.1 Å². The van der Waals surface area contributed by atoms with Crippen molar-refractivity contribution in [2.24, 2.45) is 0 Å². The van der Waals surface area contributed by atoms with Crippen LogP contribution in [0.25, 0.3) is 0 Å². The van der Waals surface area contributed by atoms with E-state index in [9.17, 15) is 0 Å². The number of nitriles is 1. The molecule has 3 heteroatoms. The molecule has 0 unspecified atom stereocenters. The van der Waals surface area contributed by atoms with E-state index in [1.807, 2.05) is 31.3 Å². The molecule has 0 amide bonds. The number of rotatable bonds is 7. The molecule has 0 heterocycles. The fourth-order valence-corrected chi connectivity index (χ4v) is 1.76. The first-order chi connectivity index (χ1) is 8.29. The fraction of sp³-hybridized carbons (Fsp3) is 0.500. The Labute approximate surface area is 104 Å². The second-order valence-corrected chi connectivity index (χ2v) is 4.15. The molecule has 0 saturated carbocycles. The highest BCUT2D eigenvalue weighted by molar-refractivity contribution is 5.58. The van der Waals surface area contributed by atoms with Crippen LogP contribution >= 0.6 is 0 Å². The standard InChI is InChI=1S/C14H21N3/c1-3-9-16-10-6-11-17(2)14-8-5-4-7-13(14)12-15/h4-5,7-8,16H,3,6,9-11H2,1-2H3. The lowest BCUT2D eigenvalue weighted by molar-refractivity contribution is 0.637. The lowest BCUT2D eigenvalue weighted by Gasteiger charge is -2.20. The lowest BCUT2D eigenvalue weighted by atomic mass is 10.2. The summed E-state index contributed by atoms with van der Waals surface area (Å²) in [4.78, 5) is 2.15. The van der Waals surface area contributed by atoms with Crippen LogP contribution < -0.4 is 10.2 Å². The van der Waals surface area contributed by atoms with Crippen molar-refractivity contribution in [3.63, 3.8) is 0 Å². The third-order valence-corrected chi connectivity index (χ3v) is 2.71. The lowest BCUT2D eigenvalue weighted by Crippen LogP contribution is -2.24. The maximum atomic E-state index is 9.02. The molecule has 1 aromatic rings. The van der Waals surface area contributed by atoms with Crippen LogP contribution in [-0.2, 0) is 0 Å². The number of benzene rings is 1. The Morgan fingerprint density at radius 2 is 2.06 bits per heavy atom. The molecule has 1 N–H and O–H groups in total. The zero-order valence-electron chi connectivity index (χ0n) is 10.7. The molecule has 3 nitrogen and oxygen atoms in total. The molecular formula is C14H21N3. The first-order valence-corrected chi connectivity index (χ1v) is 6.20. The van der Waals surface area contributed by atoms with E-state index in [2.05, 4.69) is 23.2 Å². The van der Waals surface area contributed by atoms with Crippen molar-refractivity contribution in [2.75, 3.05) is 31.6 Å². The Balaban J connectivity index is 2.42. The van der Waals surface area contributed by atoms with E-state index >= 15 is 0 Å². The van der Waals surface area contributed by atoms with Crippen molar-refractivity contribution in [3.8, 4) is 6.07 Å². The van der Waals surface area contributed by atoms with Crippen LogP contribution in [-0.4, -0.2) is 26.7 Å². The average Bonchev–Trinajstić information content (AvgIpc) is 2.38. The van der Waals surface area contributed by atoms with Gasteiger partial charge < -0.3 is 10.2 Å². The number of hydrogen-bond acceptors (Lipinski definition) is 3. The molecule has 0 bridgehead atoms. The van der Waals surface area contributed by atoms with Crippen molar-refractivity contribution in [3.05, 3.63) is 29.8 Å². The Hall–Kier alpha value is -1.53. The van der Waals surface area contributed by atoms with Gasteiger partial charge >= 0.3 is 0 Å². The first kappa shape index (κ1) is 13.5. The second-order valence-electron chi connectivity index (χ2n) is 4.15. The van der Waals surface area contributed by atoms with E-state index in [0.29, 0.717) is 0 Å². The molecule has 0 spiro atoms. The summed E-state index contributed by atoms with van der Waals surface area (Å²) in [6.07, 6.45) is 2.27. The fourth-order valence-electron chi connectivity index (χ4n) is 1.76. The molecule has 0 aliphatic carbocycles. The van der Waals surface area contributed by atoms with E-state index in [-0.39, 0.29) is 0 Å². The predicted octanol–water partition coefficient (Wildman–Crippen LogP) is 2.38.